The minimum atomic E-state index is -3.70. The number of anilines is 2. The first-order chi connectivity index (χ1) is 12.7. The van der Waals surface area contributed by atoms with E-state index in [1.165, 1.54) is 31.4 Å². The molecular formula is C19H22N2O5S. The van der Waals surface area contributed by atoms with Gasteiger partial charge in [-0.3, -0.25) is 9.10 Å². The van der Waals surface area contributed by atoms with Crippen LogP contribution in [0.3, 0.4) is 0 Å². The number of aryl methyl sites for hydroxylation is 1. The molecule has 0 aliphatic rings. The molecule has 0 saturated carbocycles. The van der Waals surface area contributed by atoms with E-state index in [0.29, 0.717) is 5.69 Å². The lowest BCUT2D eigenvalue weighted by Gasteiger charge is -2.22. The summed E-state index contributed by atoms with van der Waals surface area (Å²) in [6.07, 6.45) is 1.90. The van der Waals surface area contributed by atoms with Gasteiger partial charge in [-0.05, 0) is 48.4 Å². The number of nitrogens with one attached hydrogen (secondary N) is 1. The van der Waals surface area contributed by atoms with Gasteiger partial charge in [-0.1, -0.05) is 19.1 Å². The maximum Gasteiger partial charge on any atom is 0.337 e. The van der Waals surface area contributed by atoms with Crippen molar-refractivity contribution in [2.45, 2.75) is 13.3 Å². The van der Waals surface area contributed by atoms with Crippen molar-refractivity contribution < 1.29 is 22.7 Å². The fraction of sp³-hybridized carbons (Fsp3) is 0.263. The summed E-state index contributed by atoms with van der Waals surface area (Å²) in [4.78, 5) is 23.8. The topological polar surface area (TPSA) is 92.8 Å². The first-order valence-corrected chi connectivity index (χ1v) is 10.1. The highest BCUT2D eigenvalue weighted by atomic mass is 32.2. The molecule has 1 amide bonds. The largest absolute Gasteiger partial charge is 0.465 e. The van der Waals surface area contributed by atoms with Crippen LogP contribution < -0.4 is 9.62 Å². The number of methoxy groups -OCH3 is 1. The Morgan fingerprint density at radius 1 is 1.04 bits per heavy atom. The van der Waals surface area contributed by atoms with Crippen molar-refractivity contribution in [2.75, 3.05) is 29.5 Å². The molecule has 0 saturated heterocycles. The van der Waals surface area contributed by atoms with Crippen molar-refractivity contribution in [3.05, 3.63) is 59.7 Å². The highest BCUT2D eigenvalue weighted by Crippen LogP contribution is 2.19. The molecule has 2 aromatic carbocycles. The number of rotatable bonds is 7. The first-order valence-electron chi connectivity index (χ1n) is 8.29. The second-order valence-corrected chi connectivity index (χ2v) is 7.81. The Morgan fingerprint density at radius 2 is 1.63 bits per heavy atom. The Hall–Kier alpha value is -2.87. The van der Waals surface area contributed by atoms with Crippen molar-refractivity contribution in [1.82, 2.24) is 0 Å². The number of hydrogen-bond acceptors (Lipinski definition) is 5. The average molecular weight is 390 g/mol. The van der Waals surface area contributed by atoms with Gasteiger partial charge in [0, 0.05) is 5.69 Å². The van der Waals surface area contributed by atoms with Gasteiger partial charge in [0.25, 0.3) is 0 Å². The quantitative estimate of drug-likeness (QED) is 0.733. The molecule has 0 aromatic heterocycles. The van der Waals surface area contributed by atoms with E-state index in [1.54, 1.807) is 12.1 Å². The first kappa shape index (κ1) is 20.4. The van der Waals surface area contributed by atoms with Crippen molar-refractivity contribution >= 4 is 33.3 Å². The summed E-state index contributed by atoms with van der Waals surface area (Å²) in [5.41, 5.74) is 2.29. The number of hydrogen-bond donors (Lipinski definition) is 1. The molecule has 2 rings (SSSR count). The van der Waals surface area contributed by atoms with E-state index in [1.807, 2.05) is 19.1 Å². The molecule has 1 N–H and O–H groups in total. The second-order valence-electron chi connectivity index (χ2n) is 5.91. The smallest absolute Gasteiger partial charge is 0.337 e. The summed E-state index contributed by atoms with van der Waals surface area (Å²) >= 11 is 0. The van der Waals surface area contributed by atoms with Crippen molar-refractivity contribution in [3.63, 3.8) is 0 Å². The van der Waals surface area contributed by atoms with Gasteiger partial charge in [0.05, 0.1) is 24.6 Å². The van der Waals surface area contributed by atoms with Crippen molar-refractivity contribution in [2.24, 2.45) is 0 Å². The van der Waals surface area contributed by atoms with Crippen LogP contribution in [0.15, 0.2) is 48.5 Å². The van der Waals surface area contributed by atoms with Crippen LogP contribution in [-0.4, -0.2) is 40.2 Å². The fourth-order valence-corrected chi connectivity index (χ4v) is 3.29. The minimum absolute atomic E-state index is 0.279. The molecule has 0 spiro atoms. The minimum Gasteiger partial charge on any atom is -0.465 e. The van der Waals surface area contributed by atoms with Crippen LogP contribution in [0.1, 0.15) is 22.8 Å². The molecule has 0 aliphatic carbocycles. The van der Waals surface area contributed by atoms with E-state index in [0.717, 1.165) is 22.5 Å². The Bertz CT molecular complexity index is 906. The second kappa shape index (κ2) is 8.68. The SMILES string of the molecule is CCc1ccc(NC(=O)CN(c2ccc(C(=O)OC)cc2)S(C)(=O)=O)cc1. The highest BCUT2D eigenvalue weighted by Gasteiger charge is 2.21. The van der Waals surface area contributed by atoms with Gasteiger partial charge in [0.2, 0.25) is 15.9 Å². The number of carbonyl (C=O) groups is 2. The van der Waals surface area contributed by atoms with Gasteiger partial charge in [0.15, 0.2) is 0 Å². The maximum atomic E-state index is 12.3. The average Bonchev–Trinajstić information content (AvgIpc) is 2.65. The summed E-state index contributed by atoms with van der Waals surface area (Å²) in [6, 6.07) is 13.1. The molecule has 0 atom stereocenters. The number of esters is 1. The van der Waals surface area contributed by atoms with Crippen LogP contribution in [0.25, 0.3) is 0 Å². The van der Waals surface area contributed by atoms with Crippen LogP contribution >= 0.6 is 0 Å². The third kappa shape index (κ3) is 5.55. The molecule has 0 heterocycles. The molecule has 27 heavy (non-hydrogen) atoms. The number of ether oxygens (including phenoxy) is 1. The third-order valence-electron chi connectivity index (χ3n) is 3.91. The number of carbonyl (C=O) groups excluding carboxylic acids is 2. The molecule has 0 bridgehead atoms. The van der Waals surface area contributed by atoms with E-state index in [2.05, 4.69) is 10.1 Å². The number of amides is 1. The number of nitrogens with zero attached hydrogens (tertiary/aromatic N) is 1. The van der Waals surface area contributed by atoms with Crippen molar-refractivity contribution in [1.29, 1.82) is 0 Å². The van der Waals surface area contributed by atoms with Gasteiger partial charge < -0.3 is 10.1 Å². The van der Waals surface area contributed by atoms with Gasteiger partial charge in [-0.25, -0.2) is 13.2 Å². The van der Waals surface area contributed by atoms with Crippen LogP contribution in [0.5, 0.6) is 0 Å². The molecule has 7 nitrogen and oxygen atoms in total. The predicted molar refractivity (Wildman–Crippen MR) is 104 cm³/mol. The van der Waals surface area contributed by atoms with Crippen molar-refractivity contribution in [3.8, 4) is 0 Å². The van der Waals surface area contributed by atoms with Gasteiger partial charge >= 0.3 is 5.97 Å². The zero-order valence-electron chi connectivity index (χ0n) is 15.4. The molecule has 2 aromatic rings. The van der Waals surface area contributed by atoms with Crippen LogP contribution in [0, 0.1) is 0 Å². The van der Waals surface area contributed by atoms with E-state index in [9.17, 15) is 18.0 Å². The summed E-state index contributed by atoms with van der Waals surface area (Å²) in [6.45, 7) is 1.65. The van der Waals surface area contributed by atoms with E-state index >= 15 is 0 Å². The molecule has 0 radical (unpaired) electrons. The highest BCUT2D eigenvalue weighted by molar-refractivity contribution is 7.92. The van der Waals surface area contributed by atoms with E-state index < -0.39 is 21.9 Å². The Morgan fingerprint density at radius 3 is 2.11 bits per heavy atom. The van der Waals surface area contributed by atoms with E-state index in [-0.39, 0.29) is 17.8 Å². The molecule has 0 aliphatic heterocycles. The molecule has 0 unspecified atom stereocenters. The lowest BCUT2D eigenvalue weighted by Crippen LogP contribution is -2.37. The summed E-state index contributed by atoms with van der Waals surface area (Å²) in [5.74, 6) is -0.998. The maximum absolute atomic E-state index is 12.3. The summed E-state index contributed by atoms with van der Waals surface area (Å²) < 4.78 is 29.9. The normalized spacial score (nSPS) is 10.9. The van der Waals surface area contributed by atoms with Crippen LogP contribution in [-0.2, 0) is 26.0 Å². The lowest BCUT2D eigenvalue weighted by molar-refractivity contribution is -0.114. The lowest BCUT2D eigenvalue weighted by atomic mass is 10.1. The number of sulfonamides is 1. The Balaban J connectivity index is 2.16. The van der Waals surface area contributed by atoms with Gasteiger partial charge in [-0.2, -0.15) is 0 Å². The summed E-state index contributed by atoms with van der Waals surface area (Å²) in [5, 5.41) is 2.69. The molecule has 8 heteroatoms. The Kier molecular flexibility index (Phi) is 6.57. The zero-order valence-corrected chi connectivity index (χ0v) is 16.2. The predicted octanol–water partition coefficient (Wildman–Crippen LogP) is 2.44. The van der Waals surface area contributed by atoms with E-state index in [4.69, 9.17) is 0 Å². The van der Waals surface area contributed by atoms with Crippen LogP contribution in [0.2, 0.25) is 0 Å². The van der Waals surface area contributed by atoms with Crippen LogP contribution in [0.4, 0.5) is 11.4 Å². The molecular weight excluding hydrogens is 368 g/mol. The third-order valence-corrected chi connectivity index (χ3v) is 5.05. The van der Waals surface area contributed by atoms with Gasteiger partial charge in [-0.15, -0.1) is 0 Å². The fourth-order valence-electron chi connectivity index (χ4n) is 2.44. The molecule has 144 valence electrons. The standard InChI is InChI=1S/C19H22N2O5S/c1-4-14-5-9-16(10-6-14)20-18(22)13-21(27(3,24)25)17-11-7-15(8-12-17)19(23)26-2/h5-12H,4,13H2,1-3H3,(H,20,22). The molecule has 0 fully saturated rings. The zero-order chi connectivity index (χ0) is 20.0. The monoisotopic (exact) mass is 390 g/mol. The summed E-state index contributed by atoms with van der Waals surface area (Å²) in [7, 11) is -2.44. The van der Waals surface area contributed by atoms with Gasteiger partial charge in [0.1, 0.15) is 6.54 Å². The Labute approximate surface area is 159 Å². The number of benzene rings is 2.